The smallest absolute Gasteiger partial charge is 0.228 e. The van der Waals surface area contributed by atoms with E-state index in [1.807, 2.05) is 55.5 Å². The van der Waals surface area contributed by atoms with Gasteiger partial charge in [0.25, 0.3) is 0 Å². The van der Waals surface area contributed by atoms with Crippen LogP contribution in [0, 0.1) is 6.92 Å². The number of hydrogen-bond acceptors (Lipinski definition) is 5. The first kappa shape index (κ1) is 21.6. The lowest BCUT2D eigenvalue weighted by Gasteiger charge is -2.05. The van der Waals surface area contributed by atoms with Crippen molar-refractivity contribution < 1.29 is 23.5 Å². The van der Waals surface area contributed by atoms with Crippen LogP contribution in [0.5, 0.6) is 5.75 Å². The molecule has 0 atom stereocenters. The molecule has 1 N–H and O–H groups in total. The topological polar surface area (TPSA) is 80.7 Å². The third kappa shape index (κ3) is 3.41. The van der Waals surface area contributed by atoms with Gasteiger partial charge in [0.2, 0.25) is 11.6 Å². The second-order valence-electron chi connectivity index (χ2n) is 8.61. The van der Waals surface area contributed by atoms with Crippen molar-refractivity contribution >= 4 is 33.5 Å². The van der Waals surface area contributed by atoms with E-state index in [9.17, 15) is 14.7 Å². The molecule has 0 amide bonds. The molecule has 5 nitrogen and oxygen atoms in total. The average molecular weight is 472 g/mol. The van der Waals surface area contributed by atoms with Gasteiger partial charge in [0.05, 0.1) is 0 Å². The summed E-state index contributed by atoms with van der Waals surface area (Å²) >= 11 is 0. The van der Waals surface area contributed by atoms with E-state index in [1.54, 1.807) is 36.4 Å². The molecule has 0 aliphatic carbocycles. The lowest BCUT2D eigenvalue weighted by Crippen LogP contribution is -2.01. The van der Waals surface area contributed by atoms with Crippen LogP contribution >= 0.6 is 0 Å². The molecule has 2 aromatic heterocycles. The third-order valence-corrected chi connectivity index (χ3v) is 6.39. The molecule has 5 heteroatoms. The highest BCUT2D eigenvalue weighted by Gasteiger charge is 2.28. The highest BCUT2D eigenvalue weighted by atomic mass is 16.4. The summed E-state index contributed by atoms with van der Waals surface area (Å²) in [7, 11) is 0. The standard InChI is InChI=1S/C31H20O5/c1-18-25-23(35-30(18)28(33)20-10-6-3-7-11-20)16-17-24-27(25)26(19-8-4-2-5-9-19)31(36-24)29(34)21-12-14-22(32)15-13-21/h2-17,32H,1H3. The van der Waals surface area contributed by atoms with Gasteiger partial charge in [-0.2, -0.15) is 0 Å². The zero-order valence-electron chi connectivity index (χ0n) is 19.3. The fourth-order valence-corrected chi connectivity index (χ4v) is 4.65. The lowest BCUT2D eigenvalue weighted by molar-refractivity contribution is 0.100. The Balaban J connectivity index is 1.64. The van der Waals surface area contributed by atoms with Gasteiger partial charge in [-0.05, 0) is 48.9 Å². The summed E-state index contributed by atoms with van der Waals surface area (Å²) in [4.78, 5) is 26.8. The predicted molar refractivity (Wildman–Crippen MR) is 138 cm³/mol. The number of carbonyl (C=O) groups excluding carboxylic acids is 2. The first-order valence-corrected chi connectivity index (χ1v) is 11.5. The summed E-state index contributed by atoms with van der Waals surface area (Å²) in [5.41, 5.74) is 4.12. The van der Waals surface area contributed by atoms with Crippen molar-refractivity contribution in [3.05, 3.63) is 125 Å². The minimum Gasteiger partial charge on any atom is -0.508 e. The van der Waals surface area contributed by atoms with Crippen LogP contribution in [-0.4, -0.2) is 16.7 Å². The Morgan fingerprint density at radius 3 is 1.81 bits per heavy atom. The number of phenols is 1. The highest BCUT2D eigenvalue weighted by Crippen LogP contribution is 2.43. The number of rotatable bonds is 5. The van der Waals surface area contributed by atoms with Crippen LogP contribution in [0.15, 0.2) is 106 Å². The van der Waals surface area contributed by atoms with Crippen LogP contribution in [0.1, 0.15) is 37.8 Å². The SMILES string of the molecule is Cc1c(C(=O)c2ccccc2)oc2ccc3oc(C(=O)c4ccc(O)cc4)c(-c4ccccc4)c3c12. The summed E-state index contributed by atoms with van der Waals surface area (Å²) in [5.74, 6) is 0.00886. The Labute approximate surface area is 206 Å². The fourth-order valence-electron chi connectivity index (χ4n) is 4.65. The summed E-state index contributed by atoms with van der Waals surface area (Å²) < 4.78 is 12.3. The number of aromatic hydroxyl groups is 1. The van der Waals surface area contributed by atoms with Crippen molar-refractivity contribution in [2.24, 2.45) is 0 Å². The summed E-state index contributed by atoms with van der Waals surface area (Å²) in [6, 6.07) is 28.1. The van der Waals surface area contributed by atoms with Gasteiger partial charge in [0.1, 0.15) is 16.9 Å². The van der Waals surface area contributed by atoms with E-state index in [1.165, 1.54) is 12.1 Å². The lowest BCUT2D eigenvalue weighted by atomic mass is 9.95. The number of aryl methyl sites for hydroxylation is 1. The molecule has 0 saturated carbocycles. The number of furan rings is 2. The Bertz CT molecular complexity index is 1760. The van der Waals surface area contributed by atoms with Gasteiger partial charge in [-0.15, -0.1) is 0 Å². The molecule has 174 valence electrons. The van der Waals surface area contributed by atoms with Gasteiger partial charge in [0, 0.05) is 33.0 Å². The average Bonchev–Trinajstić information content (AvgIpc) is 3.47. The van der Waals surface area contributed by atoms with E-state index in [0.29, 0.717) is 38.8 Å². The van der Waals surface area contributed by atoms with E-state index in [2.05, 4.69) is 0 Å². The molecule has 0 spiro atoms. The van der Waals surface area contributed by atoms with Gasteiger partial charge in [-0.25, -0.2) is 0 Å². The van der Waals surface area contributed by atoms with Gasteiger partial charge in [-0.1, -0.05) is 60.7 Å². The summed E-state index contributed by atoms with van der Waals surface area (Å²) in [5, 5.41) is 11.1. The van der Waals surface area contributed by atoms with E-state index in [0.717, 1.165) is 10.9 Å². The Morgan fingerprint density at radius 1 is 0.611 bits per heavy atom. The van der Waals surface area contributed by atoms with Crippen molar-refractivity contribution in [1.29, 1.82) is 0 Å². The molecule has 0 unspecified atom stereocenters. The second kappa shape index (κ2) is 8.40. The molecule has 6 rings (SSSR count). The van der Waals surface area contributed by atoms with E-state index >= 15 is 0 Å². The minimum atomic E-state index is -0.306. The number of fused-ring (bicyclic) bond motifs is 3. The van der Waals surface area contributed by atoms with Crippen LogP contribution < -0.4 is 0 Å². The molecule has 4 aromatic carbocycles. The Morgan fingerprint density at radius 2 is 1.14 bits per heavy atom. The van der Waals surface area contributed by atoms with Crippen molar-refractivity contribution in [3.63, 3.8) is 0 Å². The van der Waals surface area contributed by atoms with Crippen LogP contribution in [0.25, 0.3) is 33.1 Å². The number of benzene rings is 4. The van der Waals surface area contributed by atoms with E-state index in [4.69, 9.17) is 8.83 Å². The molecule has 0 saturated heterocycles. The van der Waals surface area contributed by atoms with Gasteiger partial charge >= 0.3 is 0 Å². The number of phenolic OH excluding ortho intramolecular Hbond substituents is 1. The maximum atomic E-state index is 13.6. The molecule has 0 aliphatic rings. The first-order valence-electron chi connectivity index (χ1n) is 11.5. The maximum Gasteiger partial charge on any atom is 0.228 e. The summed E-state index contributed by atoms with van der Waals surface area (Å²) in [6.07, 6.45) is 0. The Kier molecular flexibility index (Phi) is 5.04. The van der Waals surface area contributed by atoms with Crippen LogP contribution in [0.2, 0.25) is 0 Å². The van der Waals surface area contributed by atoms with Crippen molar-refractivity contribution in [1.82, 2.24) is 0 Å². The molecule has 0 fully saturated rings. The number of carbonyl (C=O) groups is 2. The van der Waals surface area contributed by atoms with Gasteiger partial charge in [-0.3, -0.25) is 9.59 Å². The second-order valence-corrected chi connectivity index (χ2v) is 8.61. The molecule has 0 aliphatic heterocycles. The molecule has 0 bridgehead atoms. The maximum absolute atomic E-state index is 13.6. The van der Waals surface area contributed by atoms with Crippen LogP contribution in [0.3, 0.4) is 0 Å². The van der Waals surface area contributed by atoms with Gasteiger partial charge in [0.15, 0.2) is 11.5 Å². The van der Waals surface area contributed by atoms with Crippen molar-refractivity contribution in [3.8, 4) is 16.9 Å². The third-order valence-electron chi connectivity index (χ3n) is 6.39. The molecule has 6 aromatic rings. The van der Waals surface area contributed by atoms with E-state index in [-0.39, 0.29) is 28.8 Å². The first-order chi connectivity index (χ1) is 17.5. The van der Waals surface area contributed by atoms with Gasteiger partial charge < -0.3 is 13.9 Å². The minimum absolute atomic E-state index is 0.0748. The largest absolute Gasteiger partial charge is 0.508 e. The molecule has 36 heavy (non-hydrogen) atoms. The zero-order valence-corrected chi connectivity index (χ0v) is 19.3. The zero-order chi connectivity index (χ0) is 24.8. The fraction of sp³-hybridized carbons (Fsp3) is 0.0323. The molecular weight excluding hydrogens is 452 g/mol. The predicted octanol–water partition coefficient (Wildman–Crippen LogP) is 7.32. The molecular formula is C31H20O5. The normalized spacial score (nSPS) is 11.2. The quantitative estimate of drug-likeness (QED) is 0.266. The molecule has 2 heterocycles. The number of ketones is 2. The van der Waals surface area contributed by atoms with Crippen molar-refractivity contribution in [2.75, 3.05) is 0 Å². The highest BCUT2D eigenvalue weighted by molar-refractivity contribution is 6.22. The van der Waals surface area contributed by atoms with E-state index < -0.39 is 0 Å². The monoisotopic (exact) mass is 472 g/mol. The summed E-state index contributed by atoms with van der Waals surface area (Å²) in [6.45, 7) is 1.85. The van der Waals surface area contributed by atoms with Crippen LogP contribution in [-0.2, 0) is 0 Å². The van der Waals surface area contributed by atoms with Crippen molar-refractivity contribution in [2.45, 2.75) is 6.92 Å². The molecule has 0 radical (unpaired) electrons. The van der Waals surface area contributed by atoms with Crippen LogP contribution in [0.4, 0.5) is 0 Å². The number of hydrogen-bond donors (Lipinski definition) is 1. The Hall–Kier alpha value is -4.90.